The first-order valence-corrected chi connectivity index (χ1v) is 18.5. The Morgan fingerprint density at radius 3 is 2.42 bits per heavy atom. The third-order valence-electron chi connectivity index (χ3n) is 8.55. The number of thioether (sulfide) groups is 1. The number of aryl methyl sites for hydroxylation is 3. The van der Waals surface area contributed by atoms with Crippen LogP contribution in [-0.4, -0.2) is 27.3 Å². The number of rotatable bonds is 12. The average Bonchev–Trinajstić information content (AvgIpc) is 3.50. The fourth-order valence-electron chi connectivity index (χ4n) is 5.80. The Bertz CT molecular complexity index is 2070. The van der Waals surface area contributed by atoms with E-state index in [1.165, 1.54) is 22.9 Å². The number of hydrogen-bond acceptors (Lipinski definition) is 8. The lowest BCUT2D eigenvalue weighted by atomic mass is 9.95. The van der Waals surface area contributed by atoms with Crippen molar-refractivity contribution >= 4 is 51.2 Å². The Morgan fingerprint density at radius 2 is 1.66 bits per heavy atom. The molecule has 50 heavy (non-hydrogen) atoms. The molecule has 1 aliphatic heterocycles. The summed E-state index contributed by atoms with van der Waals surface area (Å²) in [6.45, 7) is 11.0. The van der Waals surface area contributed by atoms with Crippen molar-refractivity contribution in [2.75, 3.05) is 11.9 Å². The number of allylic oxidation sites excluding steroid dienone is 1. The van der Waals surface area contributed by atoms with Gasteiger partial charge in [-0.15, -0.1) is 5.10 Å². The van der Waals surface area contributed by atoms with Crippen LogP contribution < -0.4 is 14.8 Å². The van der Waals surface area contributed by atoms with E-state index in [1.54, 1.807) is 4.68 Å². The highest BCUT2D eigenvalue weighted by Crippen LogP contribution is 2.44. The molecule has 0 radical (unpaired) electrons. The zero-order valence-electron chi connectivity index (χ0n) is 28.6. The van der Waals surface area contributed by atoms with Gasteiger partial charge in [0.1, 0.15) is 19.3 Å². The summed E-state index contributed by atoms with van der Waals surface area (Å²) in [7, 11) is 0. The molecule has 4 aromatic carbocycles. The summed E-state index contributed by atoms with van der Waals surface area (Å²) in [4.78, 5) is 18.8. The molecule has 0 amide bonds. The predicted molar refractivity (Wildman–Crippen MR) is 202 cm³/mol. The number of benzene rings is 4. The standard InChI is InChI=1S/C39H38BrClN4O4S/c1-6-47-33-19-29(18-31(40)36(33)48-21-30-17-24(3)23(2)16-25(30)4)35-34(37(46)49-20-27-12-8-7-9-13-27)26(5)42-38-43-39(44-45(35)38)50-22-28-14-10-11-15-32(28)41/h7-19,35H,6,20-22H2,1-5H3,(H,42,43,44). The molecular formula is C39H38BrClN4O4S. The van der Waals surface area contributed by atoms with Crippen LogP contribution in [-0.2, 0) is 28.5 Å². The number of carbonyl (C=O) groups is 1. The molecule has 0 bridgehead atoms. The van der Waals surface area contributed by atoms with Gasteiger partial charge in [0.25, 0.3) is 0 Å². The van der Waals surface area contributed by atoms with E-state index in [0.717, 1.165) is 27.8 Å². The molecule has 0 spiro atoms. The normalized spacial score (nSPS) is 13.9. The molecule has 8 nitrogen and oxygen atoms in total. The van der Waals surface area contributed by atoms with Gasteiger partial charge in [0.15, 0.2) is 11.5 Å². The quantitative estimate of drug-likeness (QED) is 0.0991. The minimum absolute atomic E-state index is 0.130. The molecule has 1 atom stereocenters. The van der Waals surface area contributed by atoms with E-state index < -0.39 is 12.0 Å². The fourth-order valence-corrected chi connectivity index (χ4v) is 7.49. The number of aromatic nitrogens is 3. The maximum atomic E-state index is 14.0. The monoisotopic (exact) mass is 772 g/mol. The fraction of sp³-hybridized carbons (Fsp3) is 0.256. The van der Waals surface area contributed by atoms with Crippen molar-refractivity contribution in [3.8, 4) is 11.5 Å². The van der Waals surface area contributed by atoms with Crippen LogP contribution in [0.4, 0.5) is 5.95 Å². The number of halogens is 2. The summed E-state index contributed by atoms with van der Waals surface area (Å²) in [6, 6.07) is 24.8. The molecule has 11 heteroatoms. The minimum atomic E-state index is -0.678. The zero-order chi connectivity index (χ0) is 35.4. The molecule has 1 unspecified atom stereocenters. The van der Waals surface area contributed by atoms with Gasteiger partial charge in [-0.25, -0.2) is 9.48 Å². The van der Waals surface area contributed by atoms with E-state index in [2.05, 4.69) is 54.2 Å². The Kier molecular flexibility index (Phi) is 11.2. The Labute approximate surface area is 310 Å². The first kappa shape index (κ1) is 35.6. The number of anilines is 1. The summed E-state index contributed by atoms with van der Waals surface area (Å²) < 4.78 is 20.9. The molecular weight excluding hydrogens is 736 g/mol. The highest BCUT2D eigenvalue weighted by Gasteiger charge is 2.36. The van der Waals surface area contributed by atoms with Crippen LogP contribution in [0.25, 0.3) is 0 Å². The number of hydrogen-bond donors (Lipinski definition) is 1. The van der Waals surface area contributed by atoms with Crippen molar-refractivity contribution < 1.29 is 19.0 Å². The lowest BCUT2D eigenvalue weighted by Gasteiger charge is -2.29. The van der Waals surface area contributed by atoms with E-state index >= 15 is 0 Å². The number of esters is 1. The van der Waals surface area contributed by atoms with E-state index in [1.807, 2.05) is 80.6 Å². The second-order valence-corrected chi connectivity index (χ2v) is 14.3. The minimum Gasteiger partial charge on any atom is -0.490 e. The topological polar surface area (TPSA) is 87.5 Å². The van der Waals surface area contributed by atoms with Crippen molar-refractivity contribution in [1.82, 2.24) is 14.8 Å². The molecule has 1 N–H and O–H groups in total. The largest absolute Gasteiger partial charge is 0.490 e. The molecule has 0 saturated heterocycles. The maximum Gasteiger partial charge on any atom is 0.338 e. The van der Waals surface area contributed by atoms with Crippen LogP contribution in [0, 0.1) is 20.8 Å². The lowest BCUT2D eigenvalue weighted by molar-refractivity contribution is -0.140. The molecule has 258 valence electrons. The van der Waals surface area contributed by atoms with Crippen molar-refractivity contribution in [3.63, 3.8) is 0 Å². The van der Waals surface area contributed by atoms with Gasteiger partial charge in [-0.05, 0) is 108 Å². The van der Waals surface area contributed by atoms with E-state index in [-0.39, 0.29) is 6.61 Å². The van der Waals surface area contributed by atoms with Crippen LogP contribution in [0.5, 0.6) is 11.5 Å². The third-order valence-corrected chi connectivity index (χ3v) is 10.4. The SMILES string of the molecule is CCOc1cc(C2C(C(=O)OCc3ccccc3)=C(C)Nc3nc(SCc4ccccc4Cl)nn32)cc(Br)c1OCc1cc(C)c(C)cc1C. The van der Waals surface area contributed by atoms with Crippen LogP contribution in [0.2, 0.25) is 5.02 Å². The zero-order valence-corrected chi connectivity index (χ0v) is 31.7. The average molecular weight is 774 g/mol. The van der Waals surface area contributed by atoms with Gasteiger partial charge in [0.2, 0.25) is 11.1 Å². The first-order valence-electron chi connectivity index (χ1n) is 16.3. The molecule has 0 fully saturated rings. The van der Waals surface area contributed by atoms with Crippen molar-refractivity contribution in [3.05, 3.63) is 139 Å². The smallest absolute Gasteiger partial charge is 0.338 e. The summed E-state index contributed by atoms with van der Waals surface area (Å²) in [5.41, 5.74) is 8.36. The van der Waals surface area contributed by atoms with Crippen molar-refractivity contribution in [1.29, 1.82) is 0 Å². The van der Waals surface area contributed by atoms with E-state index in [9.17, 15) is 4.79 Å². The van der Waals surface area contributed by atoms with Crippen molar-refractivity contribution in [2.24, 2.45) is 0 Å². The summed E-state index contributed by atoms with van der Waals surface area (Å²) in [5.74, 6) is 1.74. The maximum absolute atomic E-state index is 14.0. The van der Waals surface area contributed by atoms with Gasteiger partial charge >= 0.3 is 5.97 Å². The second-order valence-electron chi connectivity index (χ2n) is 12.1. The van der Waals surface area contributed by atoms with E-state index in [0.29, 0.717) is 62.3 Å². The molecule has 5 aromatic rings. The summed E-state index contributed by atoms with van der Waals surface area (Å²) in [6.07, 6.45) is 0. The Balaban J connectivity index is 1.37. The summed E-state index contributed by atoms with van der Waals surface area (Å²) >= 11 is 11.7. The first-order chi connectivity index (χ1) is 24.1. The third kappa shape index (κ3) is 7.88. The Hall–Kier alpha value is -4.25. The van der Waals surface area contributed by atoms with Gasteiger partial charge < -0.3 is 19.5 Å². The van der Waals surface area contributed by atoms with Gasteiger partial charge in [-0.3, -0.25) is 0 Å². The van der Waals surface area contributed by atoms with Gasteiger partial charge in [-0.2, -0.15) is 4.98 Å². The number of carbonyl (C=O) groups excluding carboxylic acids is 1. The van der Waals surface area contributed by atoms with E-state index in [4.69, 9.17) is 35.9 Å². The van der Waals surface area contributed by atoms with Crippen molar-refractivity contribution in [2.45, 2.75) is 64.8 Å². The number of nitrogens with one attached hydrogen (secondary N) is 1. The second kappa shape index (κ2) is 15.7. The molecule has 0 saturated carbocycles. The predicted octanol–water partition coefficient (Wildman–Crippen LogP) is 9.92. The molecule has 0 aliphatic carbocycles. The molecule has 1 aliphatic rings. The van der Waals surface area contributed by atoms with Crippen LogP contribution >= 0.6 is 39.3 Å². The molecule has 2 heterocycles. The van der Waals surface area contributed by atoms with Gasteiger partial charge in [0.05, 0.1) is 16.7 Å². The Morgan fingerprint density at radius 1 is 0.920 bits per heavy atom. The molecule has 1 aromatic heterocycles. The summed E-state index contributed by atoms with van der Waals surface area (Å²) in [5, 5.41) is 9.42. The van der Waals surface area contributed by atoms with Crippen LogP contribution in [0.15, 0.2) is 99.8 Å². The van der Waals surface area contributed by atoms with Crippen LogP contribution in [0.1, 0.15) is 58.8 Å². The van der Waals surface area contributed by atoms with Crippen LogP contribution in [0.3, 0.4) is 0 Å². The number of fused-ring (bicyclic) bond motifs is 1. The highest BCUT2D eigenvalue weighted by atomic mass is 79.9. The number of ether oxygens (including phenoxy) is 3. The number of nitrogens with zero attached hydrogens (tertiary/aromatic N) is 3. The molecule has 6 rings (SSSR count). The lowest BCUT2D eigenvalue weighted by Crippen LogP contribution is -2.29. The van der Waals surface area contributed by atoms with Gasteiger partial charge in [-0.1, -0.05) is 84.0 Å². The van der Waals surface area contributed by atoms with Gasteiger partial charge in [0, 0.05) is 16.5 Å². The highest BCUT2D eigenvalue weighted by molar-refractivity contribution is 9.10.